The molecule has 0 aromatic heterocycles. The number of nitrogens with one attached hydrogen (secondary N) is 1. The fourth-order valence-corrected chi connectivity index (χ4v) is 8.04. The van der Waals surface area contributed by atoms with Gasteiger partial charge in [-0.3, -0.25) is 19.2 Å². The van der Waals surface area contributed by atoms with Crippen LogP contribution in [0.4, 0.5) is 0 Å². The molecule has 38 heavy (non-hydrogen) atoms. The minimum atomic E-state index is -1.60. The van der Waals surface area contributed by atoms with Crippen molar-refractivity contribution in [2.24, 2.45) is 28.6 Å². The lowest BCUT2D eigenvalue weighted by Gasteiger charge is -2.58. The summed E-state index contributed by atoms with van der Waals surface area (Å²) in [6.07, 6.45) is 6.97. The number of carboxylic acid groups (broad SMARTS) is 1. The Hall–Kier alpha value is -2.59. The molecule has 0 aromatic carbocycles. The summed E-state index contributed by atoms with van der Waals surface area (Å²) in [4.78, 5) is 60.2. The lowest BCUT2D eigenvalue weighted by Crippen LogP contribution is -2.58. The minimum Gasteiger partial charge on any atom is -0.480 e. The first kappa shape index (κ1) is 28.4. The summed E-state index contributed by atoms with van der Waals surface area (Å²) in [6, 6.07) is -1.46. The summed E-state index contributed by atoms with van der Waals surface area (Å²) < 4.78 is 5.11. The van der Waals surface area contributed by atoms with Gasteiger partial charge in [-0.2, -0.15) is 0 Å². The molecule has 0 heterocycles. The third kappa shape index (κ3) is 4.81. The van der Waals surface area contributed by atoms with Crippen LogP contribution >= 0.6 is 0 Å². The number of Topliss-reactive ketones (excluding diaryl/α,β-unsaturated/α-hetero) is 1. The fraction of sp³-hybridized carbons (Fsp3) is 0.750. The highest BCUT2D eigenvalue weighted by Gasteiger charge is 2.66. The molecule has 0 spiro atoms. The van der Waals surface area contributed by atoms with Crippen LogP contribution in [0.3, 0.4) is 0 Å². The zero-order valence-electron chi connectivity index (χ0n) is 22.2. The van der Waals surface area contributed by atoms with E-state index in [1.165, 1.54) is 5.57 Å². The maximum absolute atomic E-state index is 13.3. The van der Waals surface area contributed by atoms with Crippen molar-refractivity contribution in [2.75, 3.05) is 13.2 Å². The number of amides is 1. The smallest absolute Gasteiger partial charge is 0.328 e. The average molecular weight is 534 g/mol. The molecule has 10 nitrogen and oxygen atoms in total. The molecule has 0 bridgehead atoms. The van der Waals surface area contributed by atoms with Gasteiger partial charge in [0.15, 0.2) is 12.4 Å². The van der Waals surface area contributed by atoms with Crippen LogP contribution in [0.15, 0.2) is 11.6 Å². The van der Waals surface area contributed by atoms with Gasteiger partial charge in [0, 0.05) is 18.3 Å². The van der Waals surface area contributed by atoms with Gasteiger partial charge >= 0.3 is 11.9 Å². The van der Waals surface area contributed by atoms with E-state index >= 15 is 0 Å². The van der Waals surface area contributed by atoms with Crippen molar-refractivity contribution < 1.29 is 44.0 Å². The van der Waals surface area contributed by atoms with E-state index in [9.17, 15) is 29.1 Å². The molecule has 0 aliphatic heterocycles. The Kier molecular flexibility index (Phi) is 7.87. The lowest BCUT2D eigenvalue weighted by molar-refractivity contribution is -0.170. The van der Waals surface area contributed by atoms with Crippen molar-refractivity contribution in [1.29, 1.82) is 0 Å². The van der Waals surface area contributed by atoms with Gasteiger partial charge in [0.2, 0.25) is 11.7 Å². The average Bonchev–Trinajstić information content (AvgIpc) is 3.16. The number of carboxylic acids is 1. The Bertz CT molecular complexity index is 1050. The number of fused-ring (bicyclic) bond motifs is 5. The number of carbonyl (C=O) groups is 5. The first-order valence-electron chi connectivity index (χ1n) is 13.6. The molecule has 10 heteroatoms. The number of esters is 1. The molecule has 4 unspecified atom stereocenters. The quantitative estimate of drug-likeness (QED) is 0.323. The number of hydrogen-bond acceptors (Lipinski definition) is 8. The molecule has 1 amide bonds. The molecule has 4 aliphatic carbocycles. The Labute approximate surface area is 222 Å². The third-order valence-corrected chi connectivity index (χ3v) is 10.3. The number of allylic oxidation sites excluding steroid dienone is 1. The van der Waals surface area contributed by atoms with E-state index in [1.54, 1.807) is 0 Å². The van der Waals surface area contributed by atoms with Gasteiger partial charge in [0.1, 0.15) is 11.6 Å². The Morgan fingerprint density at radius 3 is 2.45 bits per heavy atom. The van der Waals surface area contributed by atoms with Crippen LogP contribution in [0.1, 0.15) is 78.1 Å². The molecule has 7 atom stereocenters. The van der Waals surface area contributed by atoms with Crippen LogP contribution < -0.4 is 5.32 Å². The Balaban J connectivity index is 1.35. The minimum absolute atomic E-state index is 0.00759. The van der Waals surface area contributed by atoms with Crippen LogP contribution in [0, 0.1) is 28.6 Å². The molecule has 4 aliphatic rings. The normalized spacial score (nSPS) is 36.7. The zero-order valence-corrected chi connectivity index (χ0v) is 22.2. The van der Waals surface area contributed by atoms with Crippen molar-refractivity contribution in [1.82, 2.24) is 5.32 Å². The lowest BCUT2D eigenvalue weighted by atomic mass is 9.46. The Morgan fingerprint density at radius 1 is 1.05 bits per heavy atom. The molecule has 0 radical (unpaired) electrons. The van der Waals surface area contributed by atoms with Crippen molar-refractivity contribution >= 4 is 29.4 Å². The van der Waals surface area contributed by atoms with Crippen LogP contribution in [0.5, 0.6) is 0 Å². The molecule has 3 fully saturated rings. The van der Waals surface area contributed by atoms with Crippen molar-refractivity contribution in [3.05, 3.63) is 11.6 Å². The van der Waals surface area contributed by atoms with E-state index in [4.69, 9.17) is 14.9 Å². The molecule has 0 saturated heterocycles. The van der Waals surface area contributed by atoms with Gasteiger partial charge in [-0.05, 0) is 74.2 Å². The predicted octanol–water partition coefficient (Wildman–Crippen LogP) is 1.70. The molecule has 3 saturated carbocycles. The van der Waals surface area contributed by atoms with Crippen LogP contribution in [-0.2, 0) is 28.7 Å². The molecule has 4 rings (SSSR count). The second kappa shape index (κ2) is 10.5. The molecule has 4 N–H and O–H groups in total. The van der Waals surface area contributed by atoms with Gasteiger partial charge < -0.3 is 25.4 Å². The van der Waals surface area contributed by atoms with Crippen LogP contribution in [0.2, 0.25) is 0 Å². The second-order valence-electron chi connectivity index (χ2n) is 12.0. The molecule has 0 aromatic rings. The maximum Gasteiger partial charge on any atom is 0.328 e. The van der Waals surface area contributed by atoms with Gasteiger partial charge in [-0.25, -0.2) is 4.79 Å². The number of aliphatic hydroxyl groups excluding tert-OH is 1. The number of aliphatic hydroxyl groups is 2. The topological polar surface area (TPSA) is 167 Å². The molecular formula is C28H39NO9. The summed E-state index contributed by atoms with van der Waals surface area (Å²) in [5.74, 6) is -2.31. The van der Waals surface area contributed by atoms with Crippen molar-refractivity contribution in [3.8, 4) is 0 Å². The first-order valence-corrected chi connectivity index (χ1v) is 13.6. The highest BCUT2D eigenvalue weighted by atomic mass is 16.5. The third-order valence-electron chi connectivity index (χ3n) is 10.3. The van der Waals surface area contributed by atoms with Crippen LogP contribution in [0.25, 0.3) is 0 Å². The highest BCUT2D eigenvalue weighted by molar-refractivity contribution is 5.92. The summed E-state index contributed by atoms with van der Waals surface area (Å²) in [5, 5.41) is 31.6. The van der Waals surface area contributed by atoms with Crippen LogP contribution in [-0.4, -0.2) is 69.6 Å². The second-order valence-corrected chi connectivity index (χ2v) is 12.0. The number of rotatable bonds is 9. The van der Waals surface area contributed by atoms with E-state index in [0.29, 0.717) is 31.1 Å². The van der Waals surface area contributed by atoms with E-state index < -0.39 is 53.9 Å². The van der Waals surface area contributed by atoms with E-state index in [-0.39, 0.29) is 30.0 Å². The van der Waals surface area contributed by atoms with Crippen molar-refractivity contribution in [2.45, 2.75) is 89.7 Å². The van der Waals surface area contributed by atoms with Gasteiger partial charge in [0.25, 0.3) is 0 Å². The first-order chi connectivity index (χ1) is 17.9. The zero-order chi connectivity index (χ0) is 27.9. The predicted molar refractivity (Wildman–Crippen MR) is 134 cm³/mol. The van der Waals surface area contributed by atoms with Gasteiger partial charge in [0.05, 0.1) is 13.0 Å². The summed E-state index contributed by atoms with van der Waals surface area (Å²) in [6.45, 7) is 2.90. The standard InChI is InChI=1S/C28H39NO9/c1-26-10-7-17(31)13-16(26)3-4-18-19(26)8-11-27(2)20(18)9-12-28(27,37)22(32)15-38-24(34)6-5-23(33)29-21(14-30)25(35)36/h13,18-21,30,37H,3-12,14-15H2,1-2H3,(H,29,33)(H,35,36)/t18?,19?,20?,21?,26-,27-,28-/m0/s1. The number of aliphatic carboxylic acids is 1. The molecular weight excluding hydrogens is 494 g/mol. The van der Waals surface area contributed by atoms with E-state index in [2.05, 4.69) is 12.2 Å². The summed E-state index contributed by atoms with van der Waals surface area (Å²) >= 11 is 0. The molecule has 210 valence electrons. The monoisotopic (exact) mass is 533 g/mol. The number of hydrogen-bond donors (Lipinski definition) is 4. The number of ether oxygens (including phenoxy) is 1. The van der Waals surface area contributed by atoms with Gasteiger partial charge in [-0.15, -0.1) is 0 Å². The van der Waals surface area contributed by atoms with E-state index in [1.807, 2.05) is 13.0 Å². The SMILES string of the molecule is C[C@]12CCC(=O)C=C1CCC1C2CC[C@@]2(C)C1CC[C@]2(O)C(=O)COC(=O)CCC(=O)NC(CO)C(=O)O. The fourth-order valence-electron chi connectivity index (χ4n) is 8.04. The number of ketones is 2. The van der Waals surface area contributed by atoms with E-state index in [0.717, 1.165) is 32.1 Å². The maximum atomic E-state index is 13.3. The van der Waals surface area contributed by atoms with Gasteiger partial charge in [-0.1, -0.05) is 19.4 Å². The summed E-state index contributed by atoms with van der Waals surface area (Å²) in [5.41, 5.74) is -0.976. The largest absolute Gasteiger partial charge is 0.480 e. The highest BCUT2D eigenvalue weighted by Crippen LogP contribution is 2.67. The van der Waals surface area contributed by atoms with Crippen molar-refractivity contribution in [3.63, 3.8) is 0 Å². The Morgan fingerprint density at radius 2 is 1.76 bits per heavy atom. The number of carbonyl (C=O) groups excluding carboxylic acids is 4. The summed E-state index contributed by atoms with van der Waals surface area (Å²) in [7, 11) is 0.